The van der Waals surface area contributed by atoms with Gasteiger partial charge in [0, 0.05) is 22.5 Å². The van der Waals surface area contributed by atoms with Crippen molar-refractivity contribution in [3.05, 3.63) is 93.8 Å². The van der Waals surface area contributed by atoms with Crippen LogP contribution in [0, 0.1) is 58.2 Å². The molecule has 2 aromatic heterocycles. The highest BCUT2D eigenvalue weighted by molar-refractivity contribution is 6.30. The third-order valence-corrected chi connectivity index (χ3v) is 5.81. The molecule has 5 aromatic rings. The van der Waals surface area contributed by atoms with Crippen molar-refractivity contribution in [2.45, 2.75) is 0 Å². The number of hydrogen-bond acceptors (Lipinski definition) is 2. The van der Waals surface area contributed by atoms with E-state index in [0.29, 0.717) is 0 Å². The molecule has 188 valence electrons. The van der Waals surface area contributed by atoms with Gasteiger partial charge >= 0.3 is 0 Å². The molecule has 0 radical (unpaired) electrons. The smallest absolute Gasteiger partial charge is 0.200 e. The topological polar surface area (TPSA) is 25.8 Å². The van der Waals surface area contributed by atoms with Crippen LogP contribution in [-0.4, -0.2) is 9.97 Å². The Hall–Kier alpha value is -3.93. The molecule has 5 rings (SSSR count). The van der Waals surface area contributed by atoms with Crippen molar-refractivity contribution in [1.82, 2.24) is 9.97 Å². The van der Waals surface area contributed by atoms with Gasteiger partial charge in [0.15, 0.2) is 46.5 Å². The first-order chi connectivity index (χ1) is 17.5. The van der Waals surface area contributed by atoms with E-state index in [0.717, 1.165) is 30.5 Å². The molecule has 0 unspecified atom stereocenters. The van der Waals surface area contributed by atoms with Gasteiger partial charge in [-0.3, -0.25) is 4.98 Å². The normalized spacial score (nSPS) is 11.6. The predicted molar refractivity (Wildman–Crippen MR) is 113 cm³/mol. The first-order valence-corrected chi connectivity index (χ1v) is 10.2. The zero-order chi connectivity index (χ0) is 26.9. The average Bonchev–Trinajstić information content (AvgIpc) is 2.88. The fraction of sp³-hybridized carbons (Fsp3) is 0. The van der Waals surface area contributed by atoms with E-state index < -0.39 is 85.6 Å². The third kappa shape index (κ3) is 3.50. The van der Waals surface area contributed by atoms with Crippen LogP contribution in [0.3, 0.4) is 0 Å². The molecule has 37 heavy (non-hydrogen) atoms. The first-order valence-electron chi connectivity index (χ1n) is 9.87. The minimum absolute atomic E-state index is 0.226. The Morgan fingerprint density at radius 3 is 1.38 bits per heavy atom. The monoisotopic (exact) mass is 546 g/mol. The summed E-state index contributed by atoms with van der Waals surface area (Å²) in [6, 6.07) is 3.85. The predicted octanol–water partition coefficient (Wildman–Crippen LogP) is 8.16. The van der Waals surface area contributed by atoms with Crippen LogP contribution in [-0.2, 0) is 0 Å². The lowest BCUT2D eigenvalue weighted by Crippen LogP contribution is -2.05. The van der Waals surface area contributed by atoms with Gasteiger partial charge in [-0.1, -0.05) is 23.7 Å². The Kier molecular flexibility index (Phi) is 5.74. The molecule has 0 saturated heterocycles. The van der Waals surface area contributed by atoms with E-state index >= 15 is 0 Å². The number of hydrogen-bond donors (Lipinski definition) is 0. The molecule has 0 amide bonds. The van der Waals surface area contributed by atoms with Crippen molar-refractivity contribution >= 4 is 33.4 Å². The zero-order valence-corrected chi connectivity index (χ0v) is 18.2. The van der Waals surface area contributed by atoms with Crippen LogP contribution in [0.1, 0.15) is 0 Å². The van der Waals surface area contributed by atoms with Crippen LogP contribution in [0.2, 0.25) is 5.15 Å². The Bertz CT molecular complexity index is 1750. The van der Waals surface area contributed by atoms with Gasteiger partial charge in [-0.15, -0.1) is 0 Å². The molecule has 2 nitrogen and oxygen atoms in total. The molecular formula is C24H5ClF10N2. The zero-order valence-electron chi connectivity index (χ0n) is 17.4. The summed E-state index contributed by atoms with van der Waals surface area (Å²) >= 11 is 5.95. The van der Waals surface area contributed by atoms with Crippen LogP contribution >= 0.6 is 11.6 Å². The van der Waals surface area contributed by atoms with Gasteiger partial charge in [0.25, 0.3) is 0 Å². The van der Waals surface area contributed by atoms with Gasteiger partial charge in [0.2, 0.25) is 11.6 Å². The largest absolute Gasteiger partial charge is 0.254 e. The second kappa shape index (κ2) is 8.58. The molecule has 3 aromatic carbocycles. The van der Waals surface area contributed by atoms with Crippen LogP contribution in [0.5, 0.6) is 0 Å². The standard InChI is InChI=1S/C24H5ClF10N2/c25-10-5-9(12-15(28)19(32)22(35)20(33)16(12)29)8-2-1-7-6(3-4-36-23(7)24(8)37-10)11-13(26)17(30)21(34)18(31)14(11)27/h1-5H. The van der Waals surface area contributed by atoms with Gasteiger partial charge in [0.1, 0.15) is 5.15 Å². The molecule has 0 spiro atoms. The lowest BCUT2D eigenvalue weighted by molar-refractivity contribution is 0.381. The van der Waals surface area contributed by atoms with Crippen molar-refractivity contribution in [2.24, 2.45) is 0 Å². The lowest BCUT2D eigenvalue weighted by atomic mass is 9.95. The highest BCUT2D eigenvalue weighted by Gasteiger charge is 2.30. The van der Waals surface area contributed by atoms with E-state index in [1.807, 2.05) is 0 Å². The minimum atomic E-state index is -2.39. The van der Waals surface area contributed by atoms with Crippen molar-refractivity contribution in [3.63, 3.8) is 0 Å². The highest BCUT2D eigenvalue weighted by Crippen LogP contribution is 2.41. The SMILES string of the molecule is Fc1c(F)c(F)c(-c2ccnc3c2ccc2c(-c4c(F)c(F)c(F)c(F)c4F)cc(Cl)nc23)c(F)c1F. The van der Waals surface area contributed by atoms with Crippen molar-refractivity contribution < 1.29 is 43.9 Å². The Morgan fingerprint density at radius 2 is 0.892 bits per heavy atom. The molecule has 0 aliphatic rings. The van der Waals surface area contributed by atoms with Crippen LogP contribution in [0.15, 0.2) is 30.5 Å². The molecule has 0 N–H and O–H groups in total. The van der Waals surface area contributed by atoms with Crippen molar-refractivity contribution in [2.75, 3.05) is 0 Å². The number of fused-ring (bicyclic) bond motifs is 3. The summed E-state index contributed by atoms with van der Waals surface area (Å²) in [6.45, 7) is 0. The van der Waals surface area contributed by atoms with E-state index in [1.54, 1.807) is 0 Å². The van der Waals surface area contributed by atoms with Crippen LogP contribution < -0.4 is 0 Å². The first kappa shape index (κ1) is 24.8. The summed E-state index contributed by atoms with van der Waals surface area (Å²) in [6.07, 6.45) is 0.926. The van der Waals surface area contributed by atoms with Gasteiger partial charge in [0.05, 0.1) is 22.2 Å². The van der Waals surface area contributed by atoms with E-state index in [9.17, 15) is 43.9 Å². The summed E-state index contributed by atoms with van der Waals surface area (Å²) in [5, 5.41) is -0.971. The molecule has 0 bridgehead atoms. The Labute approximate surface area is 203 Å². The highest BCUT2D eigenvalue weighted by atomic mass is 35.5. The fourth-order valence-electron chi connectivity index (χ4n) is 3.98. The average molecular weight is 547 g/mol. The van der Waals surface area contributed by atoms with Gasteiger partial charge in [-0.25, -0.2) is 48.9 Å². The fourth-order valence-corrected chi connectivity index (χ4v) is 4.17. The van der Waals surface area contributed by atoms with Crippen LogP contribution in [0.25, 0.3) is 44.1 Å². The maximum atomic E-state index is 14.6. The van der Waals surface area contributed by atoms with E-state index in [4.69, 9.17) is 11.6 Å². The van der Waals surface area contributed by atoms with E-state index in [-0.39, 0.29) is 21.8 Å². The quantitative estimate of drug-likeness (QED) is 0.0734. The molecule has 0 saturated carbocycles. The lowest BCUT2D eigenvalue weighted by Gasteiger charge is -2.14. The number of rotatable bonds is 2. The molecule has 0 aliphatic carbocycles. The molecule has 2 heterocycles. The number of pyridine rings is 2. The van der Waals surface area contributed by atoms with Gasteiger partial charge in [-0.2, -0.15) is 0 Å². The minimum Gasteiger partial charge on any atom is -0.254 e. The third-order valence-electron chi connectivity index (χ3n) is 5.62. The van der Waals surface area contributed by atoms with E-state index in [1.165, 1.54) is 0 Å². The summed E-state index contributed by atoms with van der Waals surface area (Å²) in [4.78, 5) is 7.91. The summed E-state index contributed by atoms with van der Waals surface area (Å²) in [5.41, 5.74) is -4.33. The maximum absolute atomic E-state index is 14.6. The Morgan fingerprint density at radius 1 is 0.486 bits per heavy atom. The van der Waals surface area contributed by atoms with Gasteiger partial charge < -0.3 is 0 Å². The molecule has 0 fully saturated rings. The molecule has 13 heteroatoms. The summed E-state index contributed by atoms with van der Waals surface area (Å²) in [5.74, 6) is -22.2. The van der Waals surface area contributed by atoms with E-state index in [2.05, 4.69) is 9.97 Å². The van der Waals surface area contributed by atoms with Gasteiger partial charge in [-0.05, 0) is 17.7 Å². The number of nitrogens with zero attached hydrogens (tertiary/aromatic N) is 2. The summed E-state index contributed by atoms with van der Waals surface area (Å²) < 4.78 is 141. The Balaban J connectivity index is 1.90. The number of benzene rings is 3. The second-order valence-corrected chi connectivity index (χ2v) is 7.99. The molecule has 0 aliphatic heterocycles. The molecule has 0 atom stereocenters. The number of halogens is 11. The number of aromatic nitrogens is 2. The molecular weight excluding hydrogens is 542 g/mol. The van der Waals surface area contributed by atoms with Crippen molar-refractivity contribution in [3.8, 4) is 22.3 Å². The van der Waals surface area contributed by atoms with Crippen LogP contribution in [0.4, 0.5) is 43.9 Å². The second-order valence-electron chi connectivity index (χ2n) is 7.60. The summed E-state index contributed by atoms with van der Waals surface area (Å²) in [7, 11) is 0. The van der Waals surface area contributed by atoms with Crippen molar-refractivity contribution in [1.29, 1.82) is 0 Å². The maximum Gasteiger partial charge on any atom is 0.200 e.